The Kier molecular flexibility index (Phi) is 6.27. The molecule has 0 spiro atoms. The maximum absolute atomic E-state index is 15.0. The smallest absolute Gasteiger partial charge is 0.202 e. The van der Waals surface area contributed by atoms with Gasteiger partial charge in [-0.15, -0.1) is 5.10 Å². The van der Waals surface area contributed by atoms with E-state index in [0.29, 0.717) is 12.0 Å². The molecule has 12 heteroatoms. The number of aryl methyl sites for hydroxylation is 1. The highest BCUT2D eigenvalue weighted by Gasteiger charge is 2.22. The molecular weight excluding hydrogens is 432 g/mol. The van der Waals surface area contributed by atoms with Crippen LogP contribution in [0.5, 0.6) is 5.75 Å². The van der Waals surface area contributed by atoms with Gasteiger partial charge < -0.3 is 15.4 Å². The van der Waals surface area contributed by atoms with Gasteiger partial charge in [0.05, 0.1) is 18.4 Å². The third-order valence-corrected chi connectivity index (χ3v) is 4.93. The molecule has 0 radical (unpaired) electrons. The number of rotatable bonds is 8. The standard InChI is InChI=1S/C21H23F2N9O/c1-30(2)7-4-8-33-17-6-5-16(18(22)19(17)23)32-21(27-28-29-32)15-9-13(10-25-20(15)24)14-11-26-31(3)12-14/h5-6,9-12H,4,7-8H2,1-3H3,(H2,24,25). The summed E-state index contributed by atoms with van der Waals surface area (Å²) >= 11 is 0. The molecule has 0 fully saturated rings. The van der Waals surface area contributed by atoms with Crippen LogP contribution in [0.4, 0.5) is 14.6 Å². The maximum atomic E-state index is 15.0. The average Bonchev–Trinajstić information content (AvgIpc) is 3.43. The number of nitrogens with two attached hydrogens (primary N) is 1. The number of nitrogens with zero attached hydrogens (tertiary/aromatic N) is 8. The maximum Gasteiger partial charge on any atom is 0.202 e. The van der Waals surface area contributed by atoms with Crippen LogP contribution in [-0.2, 0) is 7.05 Å². The summed E-state index contributed by atoms with van der Waals surface area (Å²) in [6, 6.07) is 4.43. The lowest BCUT2D eigenvalue weighted by Crippen LogP contribution is -2.16. The van der Waals surface area contributed by atoms with Gasteiger partial charge in [0.2, 0.25) is 5.82 Å². The van der Waals surface area contributed by atoms with Crippen molar-refractivity contribution in [3.8, 4) is 34.0 Å². The Bertz CT molecular complexity index is 1270. The fraction of sp³-hybridized carbons (Fsp3) is 0.286. The molecule has 10 nitrogen and oxygen atoms in total. The summed E-state index contributed by atoms with van der Waals surface area (Å²) < 4.78 is 37.8. The van der Waals surface area contributed by atoms with E-state index < -0.39 is 11.6 Å². The van der Waals surface area contributed by atoms with Crippen LogP contribution in [0.25, 0.3) is 28.2 Å². The normalized spacial score (nSPS) is 11.3. The number of nitrogen functional groups attached to an aromatic ring is 1. The predicted octanol–water partition coefficient (Wildman–Crippen LogP) is 2.32. The van der Waals surface area contributed by atoms with E-state index in [0.717, 1.165) is 22.4 Å². The molecule has 0 atom stereocenters. The second kappa shape index (κ2) is 9.28. The fourth-order valence-electron chi connectivity index (χ4n) is 3.26. The zero-order chi connectivity index (χ0) is 23.5. The molecule has 4 rings (SSSR count). The van der Waals surface area contributed by atoms with Crippen molar-refractivity contribution >= 4 is 5.82 Å². The molecule has 0 aliphatic carbocycles. The molecule has 2 N–H and O–H groups in total. The van der Waals surface area contributed by atoms with Crippen molar-refractivity contribution in [3.63, 3.8) is 0 Å². The van der Waals surface area contributed by atoms with E-state index in [1.807, 2.05) is 25.2 Å². The van der Waals surface area contributed by atoms with Crippen LogP contribution < -0.4 is 10.5 Å². The van der Waals surface area contributed by atoms with Crippen molar-refractivity contribution in [1.82, 2.24) is 39.9 Å². The summed E-state index contributed by atoms with van der Waals surface area (Å²) in [5, 5.41) is 15.6. The first kappa shape index (κ1) is 22.3. The summed E-state index contributed by atoms with van der Waals surface area (Å²) in [6.07, 6.45) is 5.75. The van der Waals surface area contributed by atoms with E-state index in [1.54, 1.807) is 30.2 Å². The third-order valence-electron chi connectivity index (χ3n) is 4.93. The highest BCUT2D eigenvalue weighted by molar-refractivity contribution is 5.76. The molecule has 1 aromatic carbocycles. The summed E-state index contributed by atoms with van der Waals surface area (Å²) in [5.41, 5.74) is 7.77. The first-order valence-electron chi connectivity index (χ1n) is 10.1. The molecule has 172 valence electrons. The van der Waals surface area contributed by atoms with E-state index in [9.17, 15) is 8.78 Å². The summed E-state index contributed by atoms with van der Waals surface area (Å²) in [4.78, 5) is 6.18. The Labute approximate surface area is 188 Å². The zero-order valence-electron chi connectivity index (χ0n) is 18.4. The number of pyridine rings is 1. The van der Waals surface area contributed by atoms with Gasteiger partial charge in [0.1, 0.15) is 11.5 Å². The summed E-state index contributed by atoms with van der Waals surface area (Å²) in [5.74, 6) is -2.17. The van der Waals surface area contributed by atoms with Gasteiger partial charge in [-0.05, 0) is 49.1 Å². The van der Waals surface area contributed by atoms with Crippen LogP contribution in [-0.4, -0.2) is 67.1 Å². The zero-order valence-corrected chi connectivity index (χ0v) is 18.4. The van der Waals surface area contributed by atoms with E-state index in [1.165, 1.54) is 12.1 Å². The van der Waals surface area contributed by atoms with Crippen molar-refractivity contribution in [3.05, 3.63) is 48.4 Å². The molecule has 3 aromatic heterocycles. The van der Waals surface area contributed by atoms with Crippen molar-refractivity contribution in [1.29, 1.82) is 0 Å². The molecule has 0 saturated carbocycles. The van der Waals surface area contributed by atoms with Crippen molar-refractivity contribution < 1.29 is 13.5 Å². The van der Waals surface area contributed by atoms with Crippen molar-refractivity contribution in [2.75, 3.05) is 33.0 Å². The van der Waals surface area contributed by atoms with E-state index in [2.05, 4.69) is 25.6 Å². The Morgan fingerprint density at radius 3 is 2.67 bits per heavy atom. The van der Waals surface area contributed by atoms with Crippen LogP contribution in [0.3, 0.4) is 0 Å². The number of ether oxygens (including phenoxy) is 1. The molecular formula is C21H23F2N9O. The molecule has 0 aliphatic rings. The summed E-state index contributed by atoms with van der Waals surface area (Å²) in [7, 11) is 5.64. The Hall–Kier alpha value is -3.93. The molecule has 0 unspecified atom stereocenters. The Balaban J connectivity index is 1.66. The Morgan fingerprint density at radius 2 is 1.94 bits per heavy atom. The Morgan fingerprint density at radius 1 is 1.12 bits per heavy atom. The lowest BCUT2D eigenvalue weighted by atomic mass is 10.1. The van der Waals surface area contributed by atoms with Crippen LogP contribution in [0.1, 0.15) is 6.42 Å². The second-order valence-electron chi connectivity index (χ2n) is 7.69. The lowest BCUT2D eigenvalue weighted by Gasteiger charge is -2.13. The first-order valence-corrected chi connectivity index (χ1v) is 10.1. The monoisotopic (exact) mass is 455 g/mol. The van der Waals surface area contributed by atoms with Gasteiger partial charge in [-0.2, -0.15) is 14.2 Å². The lowest BCUT2D eigenvalue weighted by molar-refractivity contribution is 0.267. The number of benzene rings is 1. The number of hydrogen-bond donors (Lipinski definition) is 1. The number of tetrazole rings is 1. The van der Waals surface area contributed by atoms with Gasteiger partial charge in [0.15, 0.2) is 17.4 Å². The first-order chi connectivity index (χ1) is 15.8. The predicted molar refractivity (Wildman–Crippen MR) is 118 cm³/mol. The number of aromatic nitrogens is 7. The van der Waals surface area contributed by atoms with Crippen molar-refractivity contribution in [2.45, 2.75) is 6.42 Å². The van der Waals surface area contributed by atoms with Gasteiger partial charge in [-0.25, -0.2) is 9.37 Å². The number of halogens is 2. The molecule has 0 bridgehead atoms. The van der Waals surface area contributed by atoms with Crippen molar-refractivity contribution in [2.24, 2.45) is 7.05 Å². The quantitative estimate of drug-likeness (QED) is 0.403. The minimum absolute atomic E-state index is 0.115. The van der Waals surface area contributed by atoms with Gasteiger partial charge >= 0.3 is 0 Å². The molecule has 3 heterocycles. The molecule has 33 heavy (non-hydrogen) atoms. The van der Waals surface area contributed by atoms with Gasteiger partial charge in [0.25, 0.3) is 0 Å². The largest absolute Gasteiger partial charge is 0.490 e. The topological polar surface area (TPSA) is 113 Å². The van der Waals surface area contributed by atoms with Gasteiger partial charge in [-0.1, -0.05) is 0 Å². The second-order valence-corrected chi connectivity index (χ2v) is 7.69. The minimum atomic E-state index is -1.14. The van der Waals surface area contributed by atoms with Crippen LogP contribution in [0.2, 0.25) is 0 Å². The van der Waals surface area contributed by atoms with E-state index in [4.69, 9.17) is 10.5 Å². The van der Waals surface area contributed by atoms with E-state index in [-0.39, 0.29) is 29.7 Å². The highest BCUT2D eigenvalue weighted by atomic mass is 19.2. The summed E-state index contributed by atoms with van der Waals surface area (Å²) in [6.45, 7) is 1.02. The molecule has 0 amide bonds. The number of hydrogen-bond acceptors (Lipinski definition) is 8. The fourth-order valence-corrected chi connectivity index (χ4v) is 3.26. The SMILES string of the molecule is CN(C)CCCOc1ccc(-n2nnnc2-c2cc(-c3cnn(C)c3)cnc2N)c(F)c1F. The average molecular weight is 455 g/mol. The molecule has 0 aliphatic heterocycles. The number of anilines is 1. The minimum Gasteiger partial charge on any atom is -0.490 e. The molecule has 0 saturated heterocycles. The third kappa shape index (κ3) is 4.65. The van der Waals surface area contributed by atoms with Crippen LogP contribution in [0, 0.1) is 11.6 Å². The van der Waals surface area contributed by atoms with Crippen LogP contribution in [0.15, 0.2) is 36.8 Å². The van der Waals surface area contributed by atoms with E-state index >= 15 is 0 Å². The van der Waals surface area contributed by atoms with Gasteiger partial charge in [-0.3, -0.25) is 4.68 Å². The molecule has 4 aromatic rings. The van der Waals surface area contributed by atoms with Crippen LogP contribution >= 0.6 is 0 Å². The van der Waals surface area contributed by atoms with Gasteiger partial charge in [0, 0.05) is 37.1 Å². The highest BCUT2D eigenvalue weighted by Crippen LogP contribution is 2.31.